The molecule has 1 aliphatic carbocycles. The van der Waals surface area contributed by atoms with Gasteiger partial charge < -0.3 is 15.9 Å². The van der Waals surface area contributed by atoms with Crippen LogP contribution in [0.25, 0.3) is 0 Å². The summed E-state index contributed by atoms with van der Waals surface area (Å²) in [6.45, 7) is 0.224. The number of rotatable bonds is 3. The van der Waals surface area contributed by atoms with E-state index < -0.39 is 0 Å². The van der Waals surface area contributed by atoms with Crippen molar-refractivity contribution < 1.29 is 10.2 Å². The van der Waals surface area contributed by atoms with Gasteiger partial charge in [-0.2, -0.15) is 0 Å². The Balaban J connectivity index is 2.29. The second-order valence-corrected chi connectivity index (χ2v) is 3.92. The minimum absolute atomic E-state index is 0.109. The van der Waals surface area contributed by atoms with Gasteiger partial charge in [-0.25, -0.2) is 0 Å². The zero-order chi connectivity index (χ0) is 9.03. The van der Waals surface area contributed by atoms with Crippen molar-refractivity contribution in [3.05, 3.63) is 0 Å². The lowest BCUT2D eigenvalue weighted by atomic mass is 9.78. The van der Waals surface area contributed by atoms with Gasteiger partial charge in [-0.15, -0.1) is 0 Å². The molecule has 0 saturated heterocycles. The molecule has 1 fully saturated rings. The maximum Gasteiger partial charge on any atom is 0.0541 e. The first kappa shape index (κ1) is 9.96. The van der Waals surface area contributed by atoms with E-state index in [1.54, 1.807) is 0 Å². The number of hydrogen-bond donors (Lipinski definition) is 3. The van der Waals surface area contributed by atoms with Gasteiger partial charge in [0, 0.05) is 12.1 Å². The van der Waals surface area contributed by atoms with E-state index in [-0.39, 0.29) is 18.2 Å². The minimum Gasteiger partial charge on any atom is -0.396 e. The maximum absolute atomic E-state index is 9.26. The van der Waals surface area contributed by atoms with Crippen LogP contribution in [-0.4, -0.2) is 28.5 Å². The molecule has 1 aliphatic rings. The molecule has 0 aromatic carbocycles. The second-order valence-electron chi connectivity index (χ2n) is 3.92. The van der Waals surface area contributed by atoms with Crippen molar-refractivity contribution in [1.82, 2.24) is 0 Å². The van der Waals surface area contributed by atoms with Crippen molar-refractivity contribution in [2.24, 2.45) is 5.73 Å². The van der Waals surface area contributed by atoms with Crippen LogP contribution in [0.3, 0.4) is 0 Å². The third-order valence-corrected chi connectivity index (χ3v) is 2.78. The molecule has 1 rings (SSSR count). The first-order valence-corrected chi connectivity index (χ1v) is 4.74. The van der Waals surface area contributed by atoms with Crippen molar-refractivity contribution in [1.29, 1.82) is 0 Å². The zero-order valence-electron chi connectivity index (χ0n) is 7.50. The minimum atomic E-state index is -0.143. The molecule has 0 bridgehead atoms. The highest BCUT2D eigenvalue weighted by molar-refractivity contribution is 4.89. The van der Waals surface area contributed by atoms with Gasteiger partial charge in [0.1, 0.15) is 0 Å². The quantitative estimate of drug-likeness (QED) is 0.578. The van der Waals surface area contributed by atoms with Crippen molar-refractivity contribution in [3.63, 3.8) is 0 Å². The number of aliphatic hydroxyl groups is 2. The monoisotopic (exact) mass is 173 g/mol. The van der Waals surface area contributed by atoms with Crippen molar-refractivity contribution >= 4 is 0 Å². The Morgan fingerprint density at radius 2 is 1.92 bits per heavy atom. The molecule has 0 heterocycles. The highest BCUT2D eigenvalue weighted by Gasteiger charge is 2.29. The van der Waals surface area contributed by atoms with Crippen LogP contribution in [0.1, 0.15) is 38.5 Å². The summed E-state index contributed by atoms with van der Waals surface area (Å²) in [5.41, 5.74) is 5.98. The average molecular weight is 173 g/mol. The number of nitrogens with two attached hydrogens (primary N) is 1. The molecule has 1 saturated carbocycles. The van der Waals surface area contributed by atoms with Gasteiger partial charge in [0.2, 0.25) is 0 Å². The van der Waals surface area contributed by atoms with Crippen molar-refractivity contribution in [2.45, 2.75) is 50.2 Å². The third-order valence-electron chi connectivity index (χ3n) is 2.78. The Bertz CT molecular complexity index is 125. The Kier molecular flexibility index (Phi) is 3.50. The fourth-order valence-corrected chi connectivity index (χ4v) is 1.86. The lowest BCUT2D eigenvalue weighted by molar-refractivity contribution is 0.0915. The topological polar surface area (TPSA) is 66.5 Å². The average Bonchev–Trinajstić information content (AvgIpc) is 2.08. The summed E-state index contributed by atoms with van der Waals surface area (Å²) in [5, 5.41) is 17.9. The van der Waals surface area contributed by atoms with Gasteiger partial charge in [-0.3, -0.25) is 0 Å². The molecule has 0 aromatic rings. The van der Waals surface area contributed by atoms with Crippen LogP contribution in [0.2, 0.25) is 0 Å². The van der Waals surface area contributed by atoms with E-state index in [4.69, 9.17) is 10.8 Å². The lowest BCUT2D eigenvalue weighted by Gasteiger charge is -2.35. The second kappa shape index (κ2) is 4.21. The van der Waals surface area contributed by atoms with E-state index in [0.717, 1.165) is 38.5 Å². The third kappa shape index (κ3) is 2.73. The summed E-state index contributed by atoms with van der Waals surface area (Å²) in [6.07, 6.45) is 4.96. The molecule has 0 amide bonds. The van der Waals surface area contributed by atoms with Crippen LogP contribution in [0.15, 0.2) is 0 Å². The number of hydrogen-bond acceptors (Lipinski definition) is 3. The van der Waals surface area contributed by atoms with Gasteiger partial charge in [0.05, 0.1) is 6.10 Å². The first-order chi connectivity index (χ1) is 5.66. The van der Waals surface area contributed by atoms with E-state index in [1.165, 1.54) is 0 Å². The molecule has 0 spiro atoms. The Hall–Kier alpha value is -0.120. The summed E-state index contributed by atoms with van der Waals surface area (Å²) < 4.78 is 0. The molecule has 3 heteroatoms. The standard InChI is InChI=1S/C9H19NO2/c10-9(4-1-7-11)5-2-8(12)3-6-9/h8,11-12H,1-7,10H2. The summed E-state index contributed by atoms with van der Waals surface area (Å²) in [4.78, 5) is 0. The van der Waals surface area contributed by atoms with Crippen LogP contribution in [-0.2, 0) is 0 Å². The van der Waals surface area contributed by atoms with E-state index in [9.17, 15) is 5.11 Å². The van der Waals surface area contributed by atoms with E-state index >= 15 is 0 Å². The van der Waals surface area contributed by atoms with Gasteiger partial charge >= 0.3 is 0 Å². The largest absolute Gasteiger partial charge is 0.396 e. The predicted molar refractivity (Wildman–Crippen MR) is 47.7 cm³/mol. The smallest absolute Gasteiger partial charge is 0.0541 e. The van der Waals surface area contributed by atoms with E-state index in [2.05, 4.69) is 0 Å². The highest BCUT2D eigenvalue weighted by Crippen LogP contribution is 2.29. The van der Waals surface area contributed by atoms with E-state index in [1.807, 2.05) is 0 Å². The van der Waals surface area contributed by atoms with Gasteiger partial charge in [-0.1, -0.05) is 0 Å². The van der Waals surface area contributed by atoms with Gasteiger partial charge in [0.15, 0.2) is 0 Å². The van der Waals surface area contributed by atoms with Crippen LogP contribution in [0.4, 0.5) is 0 Å². The fraction of sp³-hybridized carbons (Fsp3) is 1.00. The molecule has 0 aromatic heterocycles. The summed E-state index contributed by atoms with van der Waals surface area (Å²) in [5.74, 6) is 0. The first-order valence-electron chi connectivity index (χ1n) is 4.74. The van der Waals surface area contributed by atoms with Crippen LogP contribution in [0, 0.1) is 0 Å². The molecule has 3 nitrogen and oxygen atoms in total. The Morgan fingerprint density at radius 3 is 2.42 bits per heavy atom. The SMILES string of the molecule is NC1(CCCO)CCC(O)CC1. The number of aliphatic hydroxyl groups excluding tert-OH is 2. The molecule has 72 valence electrons. The molecule has 0 aliphatic heterocycles. The molecule has 0 atom stereocenters. The summed E-state index contributed by atoms with van der Waals surface area (Å²) in [6, 6.07) is 0. The Morgan fingerprint density at radius 1 is 1.33 bits per heavy atom. The normalized spacial score (nSPS) is 36.8. The lowest BCUT2D eigenvalue weighted by Crippen LogP contribution is -2.44. The van der Waals surface area contributed by atoms with Gasteiger partial charge in [-0.05, 0) is 38.5 Å². The molecular formula is C9H19NO2. The van der Waals surface area contributed by atoms with Crippen LogP contribution < -0.4 is 5.73 Å². The maximum atomic E-state index is 9.26. The predicted octanol–water partition coefficient (Wildman–Crippen LogP) is 0.391. The van der Waals surface area contributed by atoms with E-state index in [0.29, 0.717) is 0 Å². The van der Waals surface area contributed by atoms with Gasteiger partial charge in [0.25, 0.3) is 0 Å². The molecule has 0 radical (unpaired) electrons. The molecule has 12 heavy (non-hydrogen) atoms. The molecule has 0 unspecified atom stereocenters. The van der Waals surface area contributed by atoms with Crippen molar-refractivity contribution in [2.75, 3.05) is 6.61 Å². The summed E-state index contributed by atoms with van der Waals surface area (Å²) in [7, 11) is 0. The highest BCUT2D eigenvalue weighted by atomic mass is 16.3. The van der Waals surface area contributed by atoms with Crippen molar-refractivity contribution in [3.8, 4) is 0 Å². The van der Waals surface area contributed by atoms with Crippen LogP contribution in [0.5, 0.6) is 0 Å². The fourth-order valence-electron chi connectivity index (χ4n) is 1.86. The molecule has 4 N–H and O–H groups in total. The zero-order valence-corrected chi connectivity index (χ0v) is 7.50. The van der Waals surface area contributed by atoms with Crippen LogP contribution >= 0.6 is 0 Å². The molecular weight excluding hydrogens is 154 g/mol. The Labute approximate surface area is 73.6 Å². The summed E-state index contributed by atoms with van der Waals surface area (Å²) >= 11 is 0.